The third-order valence-corrected chi connectivity index (χ3v) is 6.47. The van der Waals surface area contributed by atoms with Crippen LogP contribution in [-0.4, -0.2) is 47.6 Å². The first-order valence-electron chi connectivity index (χ1n) is 9.40. The van der Waals surface area contributed by atoms with Crippen LogP contribution >= 0.6 is 11.8 Å². The maximum atomic E-state index is 12.6. The normalized spacial score (nSPS) is 20.4. The number of benzene rings is 1. The number of nitrogens with zero attached hydrogens (tertiary/aromatic N) is 1. The lowest BCUT2D eigenvalue weighted by molar-refractivity contribution is -0.137. The van der Waals surface area contributed by atoms with Crippen molar-refractivity contribution < 1.29 is 18.0 Å². The van der Waals surface area contributed by atoms with E-state index in [1.165, 1.54) is 25.0 Å². The smallest absolute Gasteiger partial charge is 0.336 e. The SMILES string of the molecule is O=C(NCc1ccc(C(F)(F)F)cc1)NCC1(N2CCSCC2)CCCC1. The predicted octanol–water partition coefficient (Wildman–Crippen LogP) is 3.87. The maximum absolute atomic E-state index is 12.6. The molecule has 1 saturated carbocycles. The van der Waals surface area contributed by atoms with Gasteiger partial charge in [0.15, 0.2) is 0 Å². The molecule has 1 aliphatic carbocycles. The summed E-state index contributed by atoms with van der Waals surface area (Å²) < 4.78 is 37.8. The minimum absolute atomic E-state index is 0.0622. The topological polar surface area (TPSA) is 44.4 Å². The van der Waals surface area contributed by atoms with Crippen molar-refractivity contribution in [1.82, 2.24) is 15.5 Å². The minimum atomic E-state index is -4.34. The molecule has 27 heavy (non-hydrogen) atoms. The van der Waals surface area contributed by atoms with Crippen molar-refractivity contribution in [1.29, 1.82) is 0 Å². The van der Waals surface area contributed by atoms with E-state index in [1.807, 2.05) is 11.8 Å². The van der Waals surface area contributed by atoms with Crippen LogP contribution in [0.4, 0.5) is 18.0 Å². The summed E-state index contributed by atoms with van der Waals surface area (Å²) in [4.78, 5) is 14.7. The molecular formula is C19H26F3N3OS. The van der Waals surface area contributed by atoms with Crippen molar-refractivity contribution in [3.05, 3.63) is 35.4 Å². The fourth-order valence-corrected chi connectivity index (χ4v) is 4.88. The van der Waals surface area contributed by atoms with Gasteiger partial charge in [0.25, 0.3) is 0 Å². The highest BCUT2D eigenvalue weighted by molar-refractivity contribution is 7.99. The lowest BCUT2D eigenvalue weighted by atomic mass is 9.94. The van der Waals surface area contributed by atoms with Crippen LogP contribution in [0.2, 0.25) is 0 Å². The van der Waals surface area contributed by atoms with E-state index in [4.69, 9.17) is 0 Å². The van der Waals surface area contributed by atoms with Crippen LogP contribution < -0.4 is 10.6 Å². The average Bonchev–Trinajstić information content (AvgIpc) is 3.15. The van der Waals surface area contributed by atoms with Gasteiger partial charge in [-0.15, -0.1) is 0 Å². The lowest BCUT2D eigenvalue weighted by Crippen LogP contribution is -2.57. The van der Waals surface area contributed by atoms with E-state index in [2.05, 4.69) is 15.5 Å². The van der Waals surface area contributed by atoms with Gasteiger partial charge in [-0.3, -0.25) is 4.90 Å². The van der Waals surface area contributed by atoms with Crippen molar-refractivity contribution in [3.8, 4) is 0 Å². The number of halogens is 3. The van der Waals surface area contributed by atoms with E-state index in [0.29, 0.717) is 12.1 Å². The molecule has 0 bridgehead atoms. The number of hydrogen-bond acceptors (Lipinski definition) is 3. The lowest BCUT2D eigenvalue weighted by Gasteiger charge is -2.43. The van der Waals surface area contributed by atoms with Crippen molar-refractivity contribution >= 4 is 17.8 Å². The summed E-state index contributed by atoms with van der Waals surface area (Å²) in [5, 5.41) is 5.74. The molecule has 2 amide bonds. The fourth-order valence-electron chi connectivity index (χ4n) is 3.98. The summed E-state index contributed by atoms with van der Waals surface area (Å²) in [6, 6.07) is 4.60. The number of carbonyl (C=O) groups is 1. The first kappa shape index (κ1) is 20.3. The van der Waals surface area contributed by atoms with Crippen LogP contribution in [0.5, 0.6) is 0 Å². The summed E-state index contributed by atoms with van der Waals surface area (Å²) in [6.45, 7) is 2.97. The summed E-state index contributed by atoms with van der Waals surface area (Å²) in [5.41, 5.74) is 0.0208. The molecule has 2 aliphatic rings. The van der Waals surface area contributed by atoms with Gasteiger partial charge < -0.3 is 10.6 Å². The Kier molecular flexibility index (Phi) is 6.57. The van der Waals surface area contributed by atoms with E-state index >= 15 is 0 Å². The van der Waals surface area contributed by atoms with Crippen LogP contribution in [-0.2, 0) is 12.7 Å². The molecule has 8 heteroatoms. The molecule has 2 fully saturated rings. The van der Waals surface area contributed by atoms with Crippen LogP contribution in [0.25, 0.3) is 0 Å². The molecule has 3 rings (SSSR count). The van der Waals surface area contributed by atoms with Gasteiger partial charge in [-0.1, -0.05) is 25.0 Å². The van der Waals surface area contributed by atoms with Crippen LogP contribution in [0.3, 0.4) is 0 Å². The molecule has 0 unspecified atom stereocenters. The average molecular weight is 401 g/mol. The van der Waals surface area contributed by atoms with E-state index in [1.54, 1.807) is 0 Å². The summed E-state index contributed by atoms with van der Waals surface area (Å²) in [5.74, 6) is 2.28. The Morgan fingerprint density at radius 2 is 1.70 bits per heavy atom. The van der Waals surface area contributed by atoms with E-state index in [-0.39, 0.29) is 18.1 Å². The Balaban J connectivity index is 1.48. The molecule has 4 nitrogen and oxygen atoms in total. The standard InChI is InChI=1S/C19H26F3N3OS/c20-19(21,22)16-5-3-15(4-6-16)13-23-17(26)24-14-18(7-1-2-8-18)25-9-11-27-12-10-25/h3-6H,1-2,7-14H2,(H2,23,24,26). The monoisotopic (exact) mass is 401 g/mol. The number of hydrogen-bond donors (Lipinski definition) is 2. The van der Waals surface area contributed by atoms with Gasteiger partial charge >= 0.3 is 12.2 Å². The Labute approximate surface area is 162 Å². The molecule has 0 spiro atoms. The second kappa shape index (κ2) is 8.73. The molecule has 0 radical (unpaired) electrons. The van der Waals surface area contributed by atoms with Crippen LogP contribution in [0, 0.1) is 0 Å². The van der Waals surface area contributed by atoms with Crippen molar-refractivity contribution in [2.45, 2.75) is 43.9 Å². The van der Waals surface area contributed by atoms with Crippen LogP contribution in [0.15, 0.2) is 24.3 Å². The molecule has 1 aliphatic heterocycles. The van der Waals surface area contributed by atoms with Crippen LogP contribution in [0.1, 0.15) is 36.8 Å². The number of carbonyl (C=O) groups excluding carboxylic acids is 1. The zero-order chi connectivity index (χ0) is 19.3. The zero-order valence-corrected chi connectivity index (χ0v) is 16.1. The molecule has 0 atom stereocenters. The molecular weight excluding hydrogens is 375 g/mol. The van der Waals surface area contributed by atoms with Gasteiger partial charge in [-0.2, -0.15) is 24.9 Å². The molecule has 1 aromatic rings. The second-order valence-electron chi connectivity index (χ2n) is 7.26. The van der Waals surface area contributed by atoms with Gasteiger partial charge in [-0.25, -0.2) is 4.79 Å². The van der Waals surface area contributed by atoms with Crippen molar-refractivity contribution in [3.63, 3.8) is 0 Å². The Bertz CT molecular complexity index is 624. The molecule has 1 saturated heterocycles. The Morgan fingerprint density at radius 1 is 1.07 bits per heavy atom. The molecule has 150 valence electrons. The van der Waals surface area contributed by atoms with E-state index in [9.17, 15) is 18.0 Å². The molecule has 1 aromatic carbocycles. The first-order chi connectivity index (χ1) is 12.9. The highest BCUT2D eigenvalue weighted by atomic mass is 32.2. The van der Waals surface area contributed by atoms with Gasteiger partial charge in [0, 0.05) is 43.2 Å². The summed E-state index contributed by atoms with van der Waals surface area (Å²) in [6.07, 6.45) is 0.261. The summed E-state index contributed by atoms with van der Waals surface area (Å²) >= 11 is 1.98. The third-order valence-electron chi connectivity index (χ3n) is 5.53. The summed E-state index contributed by atoms with van der Waals surface area (Å²) in [7, 11) is 0. The first-order valence-corrected chi connectivity index (χ1v) is 10.6. The number of rotatable bonds is 5. The molecule has 1 heterocycles. The highest BCUT2D eigenvalue weighted by Gasteiger charge is 2.40. The largest absolute Gasteiger partial charge is 0.416 e. The van der Waals surface area contributed by atoms with Gasteiger partial charge in [-0.05, 0) is 30.5 Å². The van der Waals surface area contributed by atoms with E-state index < -0.39 is 11.7 Å². The fraction of sp³-hybridized carbons (Fsp3) is 0.632. The number of thioether (sulfide) groups is 1. The van der Waals surface area contributed by atoms with Gasteiger partial charge in [0.2, 0.25) is 0 Å². The number of amides is 2. The highest BCUT2D eigenvalue weighted by Crippen LogP contribution is 2.36. The second-order valence-corrected chi connectivity index (χ2v) is 8.49. The predicted molar refractivity (Wildman–Crippen MR) is 102 cm³/mol. The van der Waals surface area contributed by atoms with E-state index in [0.717, 1.165) is 49.6 Å². The molecule has 0 aromatic heterocycles. The number of alkyl halides is 3. The Hall–Kier alpha value is -1.41. The van der Waals surface area contributed by atoms with Gasteiger partial charge in [0.05, 0.1) is 5.56 Å². The third kappa shape index (κ3) is 5.31. The minimum Gasteiger partial charge on any atom is -0.336 e. The quantitative estimate of drug-likeness (QED) is 0.787. The van der Waals surface area contributed by atoms with Gasteiger partial charge in [0.1, 0.15) is 0 Å². The maximum Gasteiger partial charge on any atom is 0.416 e. The van der Waals surface area contributed by atoms with Crippen molar-refractivity contribution in [2.75, 3.05) is 31.1 Å². The number of nitrogens with one attached hydrogen (secondary N) is 2. The van der Waals surface area contributed by atoms with Crippen molar-refractivity contribution in [2.24, 2.45) is 0 Å². The molecule has 2 N–H and O–H groups in total. The number of urea groups is 1. The Morgan fingerprint density at radius 3 is 2.30 bits per heavy atom. The zero-order valence-electron chi connectivity index (χ0n) is 15.3.